The van der Waals surface area contributed by atoms with Gasteiger partial charge in [-0.1, -0.05) is 18.2 Å². The summed E-state index contributed by atoms with van der Waals surface area (Å²) in [6.07, 6.45) is -0.414. The Balaban J connectivity index is 0.00000243. The van der Waals surface area contributed by atoms with Crippen LogP contribution in [0.5, 0.6) is 0 Å². The second-order valence-electron chi connectivity index (χ2n) is 6.95. The van der Waals surface area contributed by atoms with Gasteiger partial charge in [0.05, 0.1) is 12.6 Å². The van der Waals surface area contributed by atoms with Gasteiger partial charge in [-0.2, -0.15) is 0 Å². The van der Waals surface area contributed by atoms with Crippen LogP contribution in [-0.2, 0) is 4.79 Å². The van der Waals surface area contributed by atoms with Crippen molar-refractivity contribution in [1.82, 2.24) is 15.5 Å². The van der Waals surface area contributed by atoms with Crippen LogP contribution in [0.1, 0.15) is 13.3 Å². The molecule has 2 atom stereocenters. The number of carbonyl (C=O) groups excluding carboxylic acids is 1. The third-order valence-corrected chi connectivity index (χ3v) is 5.06. The molecule has 1 aromatic rings. The molecule has 0 spiro atoms. The Morgan fingerprint density at radius 3 is 2.32 bits per heavy atom. The van der Waals surface area contributed by atoms with Crippen LogP contribution in [0.25, 0.3) is 0 Å². The minimum absolute atomic E-state index is 0. The van der Waals surface area contributed by atoms with E-state index in [9.17, 15) is 13.6 Å². The molecule has 5 nitrogen and oxygen atoms in total. The van der Waals surface area contributed by atoms with Crippen molar-refractivity contribution in [3.05, 3.63) is 30.3 Å². The number of hydrogen-bond donors (Lipinski definition) is 2. The summed E-state index contributed by atoms with van der Waals surface area (Å²) in [5.74, 6) is -3.10. The molecule has 0 bridgehead atoms. The first-order valence-corrected chi connectivity index (χ1v) is 8.87. The normalized spacial score (nSPS) is 22.2. The number of benzene rings is 1. The molecule has 1 aromatic carbocycles. The van der Waals surface area contributed by atoms with E-state index in [1.807, 2.05) is 18.2 Å². The summed E-state index contributed by atoms with van der Waals surface area (Å²) in [6.45, 7) is 5.86. The van der Waals surface area contributed by atoms with Gasteiger partial charge in [0.25, 0.3) is 5.92 Å². The number of halogens is 5. The zero-order valence-electron chi connectivity index (χ0n) is 15.8. The molecule has 2 saturated heterocycles. The van der Waals surface area contributed by atoms with Gasteiger partial charge in [-0.25, -0.2) is 8.78 Å². The van der Waals surface area contributed by atoms with Gasteiger partial charge < -0.3 is 10.2 Å². The Hall–Kier alpha value is -0.860. The Morgan fingerprint density at radius 2 is 1.79 bits per heavy atom. The summed E-state index contributed by atoms with van der Waals surface area (Å²) in [4.78, 5) is 16.7. The van der Waals surface area contributed by atoms with Crippen LogP contribution in [0.15, 0.2) is 30.3 Å². The fourth-order valence-corrected chi connectivity index (χ4v) is 3.46. The zero-order chi connectivity index (χ0) is 17.9. The van der Waals surface area contributed by atoms with Gasteiger partial charge in [-0.05, 0) is 19.1 Å². The summed E-state index contributed by atoms with van der Waals surface area (Å²) in [5, 5.41) is 5.40. The summed E-state index contributed by atoms with van der Waals surface area (Å²) >= 11 is 0. The van der Waals surface area contributed by atoms with Gasteiger partial charge in [0, 0.05) is 50.9 Å². The number of rotatable bonds is 5. The van der Waals surface area contributed by atoms with Gasteiger partial charge in [0.15, 0.2) is 0 Å². The topological polar surface area (TPSA) is 47.6 Å². The lowest BCUT2D eigenvalue weighted by molar-refractivity contribution is -0.123. The van der Waals surface area contributed by atoms with Crippen LogP contribution in [0.3, 0.4) is 0 Å². The monoisotopic (exact) mass is 460 g/mol. The standard InChI is InChI=1S/C18H26F2N4O.3ClH/c1-14(12-21-17(25)16-11-18(19,20)13-22-16)23-7-9-24(10-8-23)15-5-3-2-4-6-15;;;/h2-6,14,16,22H,7-13H2,1H3,(H,21,25);3*1H. The van der Waals surface area contributed by atoms with E-state index in [1.54, 1.807) is 0 Å². The number of para-hydroxylation sites is 1. The lowest BCUT2D eigenvalue weighted by Crippen LogP contribution is -2.53. The average Bonchev–Trinajstić information content (AvgIpc) is 3.00. The summed E-state index contributed by atoms with van der Waals surface area (Å²) in [7, 11) is 0. The molecule has 0 saturated carbocycles. The van der Waals surface area contributed by atoms with Crippen molar-refractivity contribution in [2.75, 3.05) is 44.2 Å². The van der Waals surface area contributed by atoms with E-state index < -0.39 is 24.9 Å². The summed E-state index contributed by atoms with van der Waals surface area (Å²) in [6, 6.07) is 9.73. The predicted molar refractivity (Wildman–Crippen MR) is 116 cm³/mol. The first-order chi connectivity index (χ1) is 11.9. The lowest BCUT2D eigenvalue weighted by atomic mass is 10.1. The molecule has 3 rings (SSSR count). The van der Waals surface area contributed by atoms with Gasteiger partial charge in [0.2, 0.25) is 5.91 Å². The maximum absolute atomic E-state index is 13.2. The average molecular weight is 462 g/mol. The van der Waals surface area contributed by atoms with Gasteiger partial charge in [0.1, 0.15) is 0 Å². The molecule has 2 aliphatic rings. The smallest absolute Gasteiger partial charge is 0.262 e. The molecule has 2 aliphatic heterocycles. The number of nitrogens with zero attached hydrogens (tertiary/aromatic N) is 2. The van der Waals surface area contributed by atoms with Crippen molar-refractivity contribution in [1.29, 1.82) is 0 Å². The Morgan fingerprint density at radius 1 is 1.18 bits per heavy atom. The Bertz CT molecular complexity index is 589. The van der Waals surface area contributed by atoms with Crippen molar-refractivity contribution in [3.8, 4) is 0 Å². The van der Waals surface area contributed by atoms with Crippen molar-refractivity contribution in [2.45, 2.75) is 31.4 Å². The molecule has 2 fully saturated rings. The Kier molecular flexibility index (Phi) is 11.6. The number of piperazine rings is 1. The predicted octanol–water partition coefficient (Wildman–Crippen LogP) is 2.58. The largest absolute Gasteiger partial charge is 0.369 e. The molecule has 2 unspecified atom stereocenters. The first-order valence-electron chi connectivity index (χ1n) is 8.87. The summed E-state index contributed by atoms with van der Waals surface area (Å²) < 4.78 is 26.3. The van der Waals surface area contributed by atoms with Crippen molar-refractivity contribution >= 4 is 48.8 Å². The van der Waals surface area contributed by atoms with E-state index in [-0.39, 0.29) is 49.2 Å². The maximum Gasteiger partial charge on any atom is 0.262 e. The highest BCUT2D eigenvalue weighted by atomic mass is 35.5. The molecule has 1 amide bonds. The third-order valence-electron chi connectivity index (χ3n) is 5.06. The highest BCUT2D eigenvalue weighted by Gasteiger charge is 2.42. The molecule has 0 radical (unpaired) electrons. The fraction of sp³-hybridized carbons (Fsp3) is 0.611. The zero-order valence-corrected chi connectivity index (χ0v) is 18.2. The van der Waals surface area contributed by atoms with Crippen LogP contribution in [0.2, 0.25) is 0 Å². The molecule has 10 heteroatoms. The highest BCUT2D eigenvalue weighted by molar-refractivity contribution is 5.86. The molecule has 0 aliphatic carbocycles. The number of hydrogen-bond acceptors (Lipinski definition) is 4. The second-order valence-corrected chi connectivity index (χ2v) is 6.95. The summed E-state index contributed by atoms with van der Waals surface area (Å²) in [5.41, 5.74) is 1.23. The minimum atomic E-state index is -2.78. The number of anilines is 1. The minimum Gasteiger partial charge on any atom is -0.369 e. The van der Waals surface area contributed by atoms with Crippen molar-refractivity contribution < 1.29 is 13.6 Å². The van der Waals surface area contributed by atoms with Crippen LogP contribution in [-0.4, -0.2) is 68.1 Å². The first kappa shape index (κ1) is 27.1. The van der Waals surface area contributed by atoms with E-state index in [0.717, 1.165) is 26.2 Å². The molecule has 2 N–H and O–H groups in total. The molecule has 28 heavy (non-hydrogen) atoms. The van der Waals surface area contributed by atoms with E-state index in [4.69, 9.17) is 0 Å². The quantitative estimate of drug-likeness (QED) is 0.708. The van der Waals surface area contributed by atoms with E-state index >= 15 is 0 Å². The number of nitrogens with one attached hydrogen (secondary N) is 2. The second kappa shape index (κ2) is 12.0. The molecular formula is C18H29Cl3F2N4O. The highest BCUT2D eigenvalue weighted by Crippen LogP contribution is 2.25. The molecule has 2 heterocycles. The molecule has 162 valence electrons. The van der Waals surface area contributed by atoms with Crippen LogP contribution in [0, 0.1) is 0 Å². The van der Waals surface area contributed by atoms with E-state index in [0.29, 0.717) is 6.54 Å². The molecule has 0 aromatic heterocycles. The van der Waals surface area contributed by atoms with Crippen LogP contribution in [0.4, 0.5) is 14.5 Å². The molecular weight excluding hydrogens is 433 g/mol. The van der Waals surface area contributed by atoms with Gasteiger partial charge in [-0.15, -0.1) is 37.2 Å². The number of carbonyl (C=O) groups is 1. The number of alkyl halides is 2. The fourth-order valence-electron chi connectivity index (χ4n) is 3.46. The lowest BCUT2D eigenvalue weighted by Gasteiger charge is -2.39. The van der Waals surface area contributed by atoms with Crippen LogP contribution >= 0.6 is 37.2 Å². The van der Waals surface area contributed by atoms with E-state index in [2.05, 4.69) is 39.5 Å². The Labute approximate surface area is 183 Å². The van der Waals surface area contributed by atoms with E-state index in [1.165, 1.54) is 5.69 Å². The third kappa shape index (κ3) is 7.19. The van der Waals surface area contributed by atoms with Crippen LogP contribution < -0.4 is 15.5 Å². The SMILES string of the molecule is CC(CNC(=O)C1CC(F)(F)CN1)N1CCN(c2ccccc2)CC1.Cl.Cl.Cl. The maximum atomic E-state index is 13.2. The van der Waals surface area contributed by atoms with Gasteiger partial charge in [-0.3, -0.25) is 15.0 Å². The van der Waals surface area contributed by atoms with Gasteiger partial charge >= 0.3 is 0 Å². The van der Waals surface area contributed by atoms with Crippen molar-refractivity contribution in [2.24, 2.45) is 0 Å². The number of amides is 1. The van der Waals surface area contributed by atoms with Crippen molar-refractivity contribution in [3.63, 3.8) is 0 Å².